The number of nitrogens with zero attached hydrogens (tertiary/aromatic N) is 2. The van der Waals surface area contributed by atoms with Gasteiger partial charge in [-0.05, 0) is 24.6 Å². The van der Waals surface area contributed by atoms with Gasteiger partial charge in [0.25, 0.3) is 0 Å². The number of carbonyl (C=O) groups is 1. The Hall–Kier alpha value is -1.46. The van der Waals surface area contributed by atoms with Gasteiger partial charge in [-0.25, -0.2) is 4.39 Å². The number of hydrogen-bond acceptors (Lipinski definition) is 3. The Kier molecular flexibility index (Phi) is 4.73. The third-order valence-corrected chi connectivity index (χ3v) is 3.86. The summed E-state index contributed by atoms with van der Waals surface area (Å²) in [5, 5.41) is 0. The van der Waals surface area contributed by atoms with E-state index in [4.69, 9.17) is 5.73 Å². The molecule has 0 saturated carbocycles. The maximum Gasteiger partial charge on any atom is 0.219 e. The van der Waals surface area contributed by atoms with Crippen molar-refractivity contribution in [1.82, 2.24) is 9.80 Å². The zero-order chi connectivity index (χ0) is 14.7. The molecule has 1 amide bonds. The minimum atomic E-state index is -0.237. The molecule has 0 radical (unpaired) electrons. The van der Waals surface area contributed by atoms with Crippen molar-refractivity contribution in [2.24, 2.45) is 5.73 Å². The first-order valence-corrected chi connectivity index (χ1v) is 6.99. The van der Waals surface area contributed by atoms with E-state index >= 15 is 0 Å². The van der Waals surface area contributed by atoms with Crippen LogP contribution in [0.15, 0.2) is 24.3 Å². The van der Waals surface area contributed by atoms with Gasteiger partial charge in [-0.1, -0.05) is 12.1 Å². The SMILES string of the molecule is CC(=O)N1CCN(C(c2ccc(F)cc2)C(C)N)CC1. The van der Waals surface area contributed by atoms with Gasteiger partial charge < -0.3 is 10.6 Å². The summed E-state index contributed by atoms with van der Waals surface area (Å²) >= 11 is 0. The summed E-state index contributed by atoms with van der Waals surface area (Å²) in [6.07, 6.45) is 0. The molecule has 0 aromatic heterocycles. The first-order chi connectivity index (χ1) is 9.49. The van der Waals surface area contributed by atoms with Crippen molar-refractivity contribution in [3.8, 4) is 0 Å². The quantitative estimate of drug-likeness (QED) is 0.909. The molecule has 0 aliphatic carbocycles. The summed E-state index contributed by atoms with van der Waals surface area (Å²) in [5.74, 6) is -0.123. The lowest BCUT2D eigenvalue weighted by molar-refractivity contribution is -0.130. The van der Waals surface area contributed by atoms with E-state index in [2.05, 4.69) is 4.90 Å². The van der Waals surface area contributed by atoms with Gasteiger partial charge >= 0.3 is 0 Å². The Morgan fingerprint density at radius 3 is 2.20 bits per heavy atom. The zero-order valence-electron chi connectivity index (χ0n) is 12.1. The number of halogens is 1. The van der Waals surface area contributed by atoms with Crippen LogP contribution in [0.2, 0.25) is 0 Å². The molecule has 2 atom stereocenters. The third kappa shape index (κ3) is 3.35. The second kappa shape index (κ2) is 6.33. The molecule has 0 bridgehead atoms. The second-order valence-corrected chi connectivity index (χ2v) is 5.40. The van der Waals surface area contributed by atoms with Crippen LogP contribution in [0.25, 0.3) is 0 Å². The molecule has 20 heavy (non-hydrogen) atoms. The molecule has 2 N–H and O–H groups in total. The van der Waals surface area contributed by atoms with Crippen molar-refractivity contribution in [2.45, 2.75) is 25.9 Å². The van der Waals surface area contributed by atoms with Crippen molar-refractivity contribution in [2.75, 3.05) is 26.2 Å². The number of amides is 1. The minimum Gasteiger partial charge on any atom is -0.340 e. The summed E-state index contributed by atoms with van der Waals surface area (Å²) in [5.41, 5.74) is 7.14. The van der Waals surface area contributed by atoms with Crippen molar-refractivity contribution in [3.63, 3.8) is 0 Å². The lowest BCUT2D eigenvalue weighted by Crippen LogP contribution is -2.51. The maximum atomic E-state index is 13.0. The van der Waals surface area contributed by atoms with Gasteiger partial charge in [0, 0.05) is 45.2 Å². The molecule has 1 heterocycles. The Morgan fingerprint density at radius 2 is 1.75 bits per heavy atom. The van der Waals surface area contributed by atoms with Gasteiger partial charge in [0.15, 0.2) is 0 Å². The molecule has 0 spiro atoms. The molecular weight excluding hydrogens is 257 g/mol. The molecule has 4 nitrogen and oxygen atoms in total. The lowest BCUT2D eigenvalue weighted by Gasteiger charge is -2.40. The van der Waals surface area contributed by atoms with E-state index in [0.29, 0.717) is 0 Å². The third-order valence-electron chi connectivity index (χ3n) is 3.86. The van der Waals surface area contributed by atoms with Crippen LogP contribution in [0.1, 0.15) is 25.5 Å². The summed E-state index contributed by atoms with van der Waals surface area (Å²) in [4.78, 5) is 15.5. The molecule has 2 unspecified atom stereocenters. The van der Waals surface area contributed by atoms with Crippen LogP contribution in [0, 0.1) is 5.82 Å². The van der Waals surface area contributed by atoms with Crippen LogP contribution < -0.4 is 5.73 Å². The minimum absolute atomic E-state index is 0.0515. The van der Waals surface area contributed by atoms with Crippen LogP contribution in [0.5, 0.6) is 0 Å². The fourth-order valence-electron chi connectivity index (χ4n) is 2.82. The number of rotatable bonds is 3. The molecule has 1 aromatic carbocycles. The van der Waals surface area contributed by atoms with Gasteiger partial charge in [0.1, 0.15) is 5.82 Å². The summed E-state index contributed by atoms with van der Waals surface area (Å²) in [7, 11) is 0. The van der Waals surface area contributed by atoms with Gasteiger partial charge in [-0.2, -0.15) is 0 Å². The van der Waals surface area contributed by atoms with Gasteiger partial charge in [-0.3, -0.25) is 9.69 Å². The Bertz CT molecular complexity index is 453. The number of hydrogen-bond donors (Lipinski definition) is 1. The van der Waals surface area contributed by atoms with E-state index in [0.717, 1.165) is 31.7 Å². The van der Waals surface area contributed by atoms with Gasteiger partial charge in [-0.15, -0.1) is 0 Å². The highest BCUT2D eigenvalue weighted by molar-refractivity contribution is 5.73. The van der Waals surface area contributed by atoms with E-state index in [1.165, 1.54) is 12.1 Å². The molecule has 1 saturated heterocycles. The Morgan fingerprint density at radius 1 is 1.20 bits per heavy atom. The molecule has 2 rings (SSSR count). The zero-order valence-corrected chi connectivity index (χ0v) is 12.1. The molecule has 1 aliphatic rings. The summed E-state index contributed by atoms with van der Waals surface area (Å²) in [6, 6.07) is 6.53. The highest BCUT2D eigenvalue weighted by Gasteiger charge is 2.28. The van der Waals surface area contributed by atoms with Crippen LogP contribution in [0.3, 0.4) is 0 Å². The van der Waals surface area contributed by atoms with Crippen LogP contribution in [0.4, 0.5) is 4.39 Å². The second-order valence-electron chi connectivity index (χ2n) is 5.40. The van der Waals surface area contributed by atoms with Crippen LogP contribution in [-0.2, 0) is 4.79 Å². The Balaban J connectivity index is 2.10. The Labute approximate surface area is 119 Å². The van der Waals surface area contributed by atoms with E-state index < -0.39 is 0 Å². The number of piperazine rings is 1. The molecule has 1 aliphatic heterocycles. The van der Waals surface area contributed by atoms with Crippen molar-refractivity contribution in [1.29, 1.82) is 0 Å². The van der Waals surface area contributed by atoms with E-state index in [9.17, 15) is 9.18 Å². The molecule has 1 fully saturated rings. The predicted octanol–water partition coefficient (Wildman–Crippen LogP) is 1.38. The van der Waals surface area contributed by atoms with Crippen LogP contribution >= 0.6 is 0 Å². The number of carbonyl (C=O) groups excluding carboxylic acids is 1. The number of benzene rings is 1. The standard InChI is InChI=1S/C15H22FN3O/c1-11(17)15(13-3-5-14(16)6-4-13)19-9-7-18(8-10-19)12(2)20/h3-6,11,15H,7-10,17H2,1-2H3. The highest BCUT2D eigenvalue weighted by Crippen LogP contribution is 2.25. The molecular formula is C15H22FN3O. The normalized spacial score (nSPS) is 19.7. The van der Waals surface area contributed by atoms with E-state index in [1.54, 1.807) is 19.1 Å². The first-order valence-electron chi connectivity index (χ1n) is 6.99. The van der Waals surface area contributed by atoms with Crippen molar-refractivity contribution in [3.05, 3.63) is 35.6 Å². The van der Waals surface area contributed by atoms with Gasteiger partial charge in [0.2, 0.25) is 5.91 Å². The largest absolute Gasteiger partial charge is 0.340 e. The number of nitrogens with two attached hydrogens (primary N) is 1. The summed E-state index contributed by atoms with van der Waals surface area (Å²) in [6.45, 7) is 6.59. The molecule has 1 aromatic rings. The predicted molar refractivity (Wildman–Crippen MR) is 76.6 cm³/mol. The van der Waals surface area contributed by atoms with E-state index in [-0.39, 0.29) is 23.8 Å². The summed E-state index contributed by atoms with van der Waals surface area (Å²) < 4.78 is 13.0. The van der Waals surface area contributed by atoms with E-state index in [1.807, 2.05) is 11.8 Å². The van der Waals surface area contributed by atoms with Crippen molar-refractivity contribution >= 4 is 5.91 Å². The van der Waals surface area contributed by atoms with Crippen LogP contribution in [-0.4, -0.2) is 47.9 Å². The van der Waals surface area contributed by atoms with Gasteiger partial charge in [0.05, 0.1) is 0 Å². The average molecular weight is 279 g/mol. The first kappa shape index (κ1) is 14.9. The van der Waals surface area contributed by atoms with Crippen molar-refractivity contribution < 1.29 is 9.18 Å². The maximum absolute atomic E-state index is 13.0. The monoisotopic (exact) mass is 279 g/mol. The molecule has 5 heteroatoms. The topological polar surface area (TPSA) is 49.6 Å². The smallest absolute Gasteiger partial charge is 0.219 e. The average Bonchev–Trinajstić information content (AvgIpc) is 2.41. The lowest BCUT2D eigenvalue weighted by atomic mass is 9.98. The molecule has 110 valence electrons. The fourth-order valence-corrected chi connectivity index (χ4v) is 2.82. The fraction of sp³-hybridized carbons (Fsp3) is 0.533. The highest BCUT2D eigenvalue weighted by atomic mass is 19.1.